The summed E-state index contributed by atoms with van der Waals surface area (Å²) in [5, 5.41) is 5.67. The number of likely N-dealkylation sites (N-methyl/N-ethyl adjacent to an activating group) is 1. The average Bonchev–Trinajstić information content (AvgIpc) is 2.54. The standard InChI is InChI=1S/C19H30N4O2/c1-19(2,3)21-17(24)14-22(4)18(25)20-15-8-10-16(11-9-15)23-12-6-5-7-13-23/h8-11H,5-7,12-14H2,1-4H3,(H,20,25)(H,21,24). The lowest BCUT2D eigenvalue weighted by Crippen LogP contribution is -2.47. The number of anilines is 2. The van der Waals surface area contributed by atoms with E-state index in [0.717, 1.165) is 18.8 Å². The van der Waals surface area contributed by atoms with Gasteiger partial charge in [0.25, 0.3) is 0 Å². The van der Waals surface area contributed by atoms with Crippen molar-refractivity contribution in [2.75, 3.05) is 36.9 Å². The topological polar surface area (TPSA) is 64.7 Å². The van der Waals surface area contributed by atoms with Crippen molar-refractivity contribution >= 4 is 23.3 Å². The van der Waals surface area contributed by atoms with Gasteiger partial charge in [-0.2, -0.15) is 0 Å². The van der Waals surface area contributed by atoms with Crippen molar-refractivity contribution in [3.05, 3.63) is 24.3 Å². The number of carbonyl (C=O) groups excluding carboxylic acids is 2. The fourth-order valence-corrected chi connectivity index (χ4v) is 2.87. The molecule has 1 aromatic carbocycles. The second-order valence-corrected chi connectivity index (χ2v) is 7.68. The molecule has 3 amide bonds. The zero-order chi connectivity index (χ0) is 18.4. The first-order valence-electron chi connectivity index (χ1n) is 8.93. The molecular formula is C19H30N4O2. The van der Waals surface area contributed by atoms with Crippen LogP contribution in [0.2, 0.25) is 0 Å². The van der Waals surface area contributed by atoms with Gasteiger partial charge in [-0.1, -0.05) is 0 Å². The Bertz CT molecular complexity index is 586. The van der Waals surface area contributed by atoms with Gasteiger partial charge in [-0.05, 0) is 64.3 Å². The number of carbonyl (C=O) groups is 2. The Labute approximate surface area is 150 Å². The molecule has 0 atom stereocenters. The van der Waals surface area contributed by atoms with E-state index in [4.69, 9.17) is 0 Å². The molecule has 0 radical (unpaired) electrons. The highest BCUT2D eigenvalue weighted by molar-refractivity contribution is 5.92. The van der Waals surface area contributed by atoms with Crippen molar-refractivity contribution < 1.29 is 9.59 Å². The maximum atomic E-state index is 12.2. The number of piperidine rings is 1. The van der Waals surface area contributed by atoms with E-state index in [1.165, 1.54) is 29.8 Å². The Kier molecular flexibility index (Phi) is 6.28. The van der Waals surface area contributed by atoms with E-state index >= 15 is 0 Å². The molecule has 0 unspecified atom stereocenters. The van der Waals surface area contributed by atoms with Crippen LogP contribution in [0.5, 0.6) is 0 Å². The van der Waals surface area contributed by atoms with E-state index in [-0.39, 0.29) is 24.0 Å². The first-order chi connectivity index (χ1) is 11.7. The molecule has 0 aromatic heterocycles. The monoisotopic (exact) mass is 346 g/mol. The average molecular weight is 346 g/mol. The number of urea groups is 1. The summed E-state index contributed by atoms with van der Waals surface area (Å²) in [4.78, 5) is 27.9. The highest BCUT2D eigenvalue weighted by atomic mass is 16.2. The van der Waals surface area contributed by atoms with Gasteiger partial charge in [-0.25, -0.2) is 4.79 Å². The lowest BCUT2D eigenvalue weighted by Gasteiger charge is -2.29. The molecule has 2 N–H and O–H groups in total. The Morgan fingerprint density at radius 1 is 1.08 bits per heavy atom. The summed E-state index contributed by atoms with van der Waals surface area (Å²) in [5.41, 5.74) is 1.61. The van der Waals surface area contributed by atoms with Gasteiger partial charge in [0, 0.05) is 37.1 Å². The number of rotatable bonds is 4. The predicted octanol–water partition coefficient (Wildman–Crippen LogP) is 3.06. The summed E-state index contributed by atoms with van der Waals surface area (Å²) in [6, 6.07) is 7.59. The number of amides is 3. The van der Waals surface area contributed by atoms with Gasteiger partial charge in [0.05, 0.1) is 0 Å². The molecule has 1 aliphatic heterocycles. The molecule has 1 aromatic rings. The van der Waals surface area contributed by atoms with E-state index in [2.05, 4.69) is 15.5 Å². The van der Waals surface area contributed by atoms with Crippen LogP contribution in [0, 0.1) is 0 Å². The zero-order valence-electron chi connectivity index (χ0n) is 15.8. The minimum atomic E-state index is -0.307. The second-order valence-electron chi connectivity index (χ2n) is 7.68. The molecule has 0 saturated carbocycles. The fourth-order valence-electron chi connectivity index (χ4n) is 2.87. The van der Waals surface area contributed by atoms with Crippen LogP contribution in [0.1, 0.15) is 40.0 Å². The molecule has 2 rings (SSSR count). The molecule has 1 saturated heterocycles. The third-order valence-corrected chi connectivity index (χ3v) is 4.08. The normalized spacial score (nSPS) is 14.8. The molecule has 6 nitrogen and oxygen atoms in total. The van der Waals surface area contributed by atoms with E-state index < -0.39 is 0 Å². The molecular weight excluding hydrogens is 316 g/mol. The van der Waals surface area contributed by atoms with Crippen LogP contribution in [0.3, 0.4) is 0 Å². The summed E-state index contributed by atoms with van der Waals surface area (Å²) in [5.74, 6) is -0.175. The van der Waals surface area contributed by atoms with Crippen molar-refractivity contribution in [3.63, 3.8) is 0 Å². The van der Waals surface area contributed by atoms with Crippen molar-refractivity contribution in [1.29, 1.82) is 0 Å². The SMILES string of the molecule is CN(CC(=O)NC(C)(C)C)C(=O)Nc1ccc(N2CCCCC2)cc1. The van der Waals surface area contributed by atoms with E-state index in [0.29, 0.717) is 0 Å². The van der Waals surface area contributed by atoms with Gasteiger partial charge < -0.3 is 20.4 Å². The van der Waals surface area contributed by atoms with Crippen LogP contribution >= 0.6 is 0 Å². The van der Waals surface area contributed by atoms with Gasteiger partial charge in [0.15, 0.2) is 0 Å². The van der Waals surface area contributed by atoms with Crippen molar-refractivity contribution in [3.8, 4) is 0 Å². The molecule has 6 heteroatoms. The maximum absolute atomic E-state index is 12.2. The predicted molar refractivity (Wildman–Crippen MR) is 102 cm³/mol. The Morgan fingerprint density at radius 2 is 1.68 bits per heavy atom. The highest BCUT2D eigenvalue weighted by Crippen LogP contribution is 2.21. The van der Waals surface area contributed by atoms with Gasteiger partial charge in [0.2, 0.25) is 5.91 Å². The summed E-state index contributed by atoms with van der Waals surface area (Å²) in [6.45, 7) is 7.95. The molecule has 0 spiro atoms. The Morgan fingerprint density at radius 3 is 2.24 bits per heavy atom. The Hall–Kier alpha value is -2.24. The Balaban J connectivity index is 1.86. The van der Waals surface area contributed by atoms with Crippen LogP contribution in [-0.2, 0) is 4.79 Å². The van der Waals surface area contributed by atoms with Gasteiger partial charge >= 0.3 is 6.03 Å². The number of nitrogens with one attached hydrogen (secondary N) is 2. The van der Waals surface area contributed by atoms with Crippen molar-refractivity contribution in [1.82, 2.24) is 10.2 Å². The number of benzene rings is 1. The fraction of sp³-hybridized carbons (Fsp3) is 0.579. The quantitative estimate of drug-likeness (QED) is 0.881. The van der Waals surface area contributed by atoms with Crippen LogP contribution in [-0.4, -0.2) is 49.1 Å². The number of hydrogen-bond donors (Lipinski definition) is 2. The van der Waals surface area contributed by atoms with Gasteiger partial charge in [0.1, 0.15) is 6.54 Å². The summed E-state index contributed by atoms with van der Waals surface area (Å²) >= 11 is 0. The van der Waals surface area contributed by atoms with Gasteiger partial charge in [-0.15, -0.1) is 0 Å². The smallest absolute Gasteiger partial charge is 0.322 e. The second kappa shape index (κ2) is 8.23. The van der Waals surface area contributed by atoms with Gasteiger partial charge in [-0.3, -0.25) is 4.79 Å². The molecule has 0 bridgehead atoms. The highest BCUT2D eigenvalue weighted by Gasteiger charge is 2.18. The van der Waals surface area contributed by atoms with Crippen LogP contribution in [0.25, 0.3) is 0 Å². The van der Waals surface area contributed by atoms with Crippen molar-refractivity contribution in [2.45, 2.75) is 45.6 Å². The van der Waals surface area contributed by atoms with E-state index in [1.807, 2.05) is 45.0 Å². The van der Waals surface area contributed by atoms with E-state index in [9.17, 15) is 9.59 Å². The summed E-state index contributed by atoms with van der Waals surface area (Å²) in [6.07, 6.45) is 3.78. The molecule has 1 fully saturated rings. The van der Waals surface area contributed by atoms with E-state index in [1.54, 1.807) is 7.05 Å². The molecule has 1 aliphatic rings. The van der Waals surface area contributed by atoms with Crippen LogP contribution in [0.15, 0.2) is 24.3 Å². The zero-order valence-corrected chi connectivity index (χ0v) is 15.8. The first kappa shape index (κ1) is 19.1. The molecule has 138 valence electrons. The third-order valence-electron chi connectivity index (χ3n) is 4.08. The molecule has 0 aliphatic carbocycles. The molecule has 25 heavy (non-hydrogen) atoms. The largest absolute Gasteiger partial charge is 0.372 e. The summed E-state index contributed by atoms with van der Waals surface area (Å²) in [7, 11) is 1.61. The van der Waals surface area contributed by atoms with Crippen LogP contribution in [0.4, 0.5) is 16.2 Å². The lowest BCUT2D eigenvalue weighted by atomic mass is 10.1. The van der Waals surface area contributed by atoms with Crippen LogP contribution < -0.4 is 15.5 Å². The maximum Gasteiger partial charge on any atom is 0.322 e. The number of hydrogen-bond acceptors (Lipinski definition) is 3. The first-order valence-corrected chi connectivity index (χ1v) is 8.93. The summed E-state index contributed by atoms with van der Waals surface area (Å²) < 4.78 is 0. The minimum Gasteiger partial charge on any atom is -0.372 e. The third kappa shape index (κ3) is 6.29. The minimum absolute atomic E-state index is 0.0228. The molecule has 1 heterocycles. The number of nitrogens with zero attached hydrogens (tertiary/aromatic N) is 2. The lowest BCUT2D eigenvalue weighted by molar-refractivity contribution is -0.122. The van der Waals surface area contributed by atoms with Crippen molar-refractivity contribution in [2.24, 2.45) is 0 Å².